The van der Waals surface area contributed by atoms with Crippen molar-refractivity contribution in [1.29, 1.82) is 0 Å². The molecule has 0 radical (unpaired) electrons. The van der Waals surface area contributed by atoms with E-state index in [4.69, 9.17) is 21.7 Å². The Labute approximate surface area is 134 Å². The molecule has 0 atom stereocenters. The Hall–Kier alpha value is -2.19. The number of methoxy groups -OCH3 is 1. The van der Waals surface area contributed by atoms with Crippen molar-refractivity contribution >= 4 is 29.0 Å². The number of rotatable bonds is 8. The lowest BCUT2D eigenvalue weighted by molar-refractivity contribution is -0.307. The second-order valence-electron chi connectivity index (χ2n) is 4.25. The minimum atomic E-state index is -1.27. The zero-order valence-electron chi connectivity index (χ0n) is 12.4. The molecule has 1 rings (SSSR count). The molecule has 0 heterocycles. The van der Waals surface area contributed by atoms with Crippen LogP contribution in [0.3, 0.4) is 0 Å². The van der Waals surface area contributed by atoms with Crippen molar-refractivity contribution in [2.75, 3.05) is 26.9 Å². The molecular formula is C14H18N3O4S-. The molecule has 0 amide bonds. The second-order valence-corrected chi connectivity index (χ2v) is 4.65. The quantitative estimate of drug-likeness (QED) is 0.292. The molecule has 2 N–H and O–H groups in total. The minimum absolute atomic E-state index is 0.390. The van der Waals surface area contributed by atoms with Crippen molar-refractivity contribution in [3.05, 3.63) is 29.8 Å². The third-order valence-electron chi connectivity index (χ3n) is 2.53. The standard InChI is InChI=1S/C14H19N3O4S/c1-10(16-17-14(22)15-6-7-20-2)11-4-3-5-12(8-11)21-9-13(18)19/h3-5,8H,6-7,9H2,1-2H3,(H,18,19)(H2,15,17,22)/p-1/b16-10-. The van der Waals surface area contributed by atoms with Gasteiger partial charge in [-0.25, -0.2) is 0 Å². The van der Waals surface area contributed by atoms with E-state index in [0.717, 1.165) is 5.56 Å². The van der Waals surface area contributed by atoms with Gasteiger partial charge in [-0.15, -0.1) is 0 Å². The van der Waals surface area contributed by atoms with Crippen LogP contribution in [0.2, 0.25) is 0 Å². The molecule has 0 saturated heterocycles. The monoisotopic (exact) mass is 324 g/mol. The van der Waals surface area contributed by atoms with Gasteiger partial charge in [0.1, 0.15) is 12.4 Å². The van der Waals surface area contributed by atoms with Gasteiger partial charge in [0.2, 0.25) is 0 Å². The Balaban J connectivity index is 2.58. The van der Waals surface area contributed by atoms with Crippen LogP contribution in [0.1, 0.15) is 12.5 Å². The van der Waals surface area contributed by atoms with Gasteiger partial charge in [0, 0.05) is 19.2 Å². The van der Waals surface area contributed by atoms with Crippen molar-refractivity contribution in [3.8, 4) is 5.75 Å². The van der Waals surface area contributed by atoms with Gasteiger partial charge in [-0.2, -0.15) is 5.10 Å². The van der Waals surface area contributed by atoms with Crippen LogP contribution in [0.25, 0.3) is 0 Å². The Bertz CT molecular complexity index is 549. The van der Waals surface area contributed by atoms with Gasteiger partial charge in [-0.05, 0) is 31.3 Å². The van der Waals surface area contributed by atoms with E-state index in [1.165, 1.54) is 0 Å². The van der Waals surface area contributed by atoms with E-state index in [-0.39, 0.29) is 0 Å². The summed E-state index contributed by atoms with van der Waals surface area (Å²) in [7, 11) is 1.61. The summed E-state index contributed by atoms with van der Waals surface area (Å²) in [6.07, 6.45) is 0. The summed E-state index contributed by atoms with van der Waals surface area (Å²) < 4.78 is 9.95. The molecule has 0 aliphatic carbocycles. The molecular weight excluding hydrogens is 306 g/mol. The van der Waals surface area contributed by atoms with Gasteiger partial charge >= 0.3 is 0 Å². The van der Waals surface area contributed by atoms with Crippen LogP contribution in [0.5, 0.6) is 5.75 Å². The molecule has 0 aliphatic heterocycles. The van der Waals surface area contributed by atoms with Gasteiger partial charge in [-0.3, -0.25) is 5.43 Å². The number of aliphatic carboxylic acids is 1. The number of nitrogens with one attached hydrogen (secondary N) is 2. The summed E-state index contributed by atoms with van der Waals surface area (Å²) in [4.78, 5) is 10.4. The van der Waals surface area contributed by atoms with Crippen LogP contribution in [-0.4, -0.2) is 43.7 Å². The van der Waals surface area contributed by atoms with E-state index in [1.54, 1.807) is 32.2 Å². The molecule has 0 unspecified atom stereocenters. The highest BCUT2D eigenvalue weighted by molar-refractivity contribution is 7.80. The summed E-state index contributed by atoms with van der Waals surface area (Å²) in [6.45, 7) is 2.43. The lowest BCUT2D eigenvalue weighted by atomic mass is 10.1. The van der Waals surface area contributed by atoms with Crippen LogP contribution in [0.4, 0.5) is 0 Å². The SMILES string of the molecule is COCCNC(=S)N/N=C(/C)c1cccc(OCC(=O)[O-])c1. The number of ether oxygens (including phenoxy) is 2. The zero-order chi connectivity index (χ0) is 16.4. The number of nitrogens with zero attached hydrogens (tertiary/aromatic N) is 1. The molecule has 1 aromatic rings. The molecule has 8 heteroatoms. The van der Waals surface area contributed by atoms with Crippen molar-refractivity contribution in [2.24, 2.45) is 5.10 Å². The minimum Gasteiger partial charge on any atom is -0.546 e. The third-order valence-corrected chi connectivity index (χ3v) is 2.76. The molecule has 0 aliphatic rings. The van der Waals surface area contributed by atoms with Gasteiger partial charge in [0.15, 0.2) is 5.11 Å². The predicted molar refractivity (Wildman–Crippen MR) is 84.8 cm³/mol. The van der Waals surface area contributed by atoms with E-state index in [0.29, 0.717) is 29.7 Å². The van der Waals surface area contributed by atoms with Crippen LogP contribution >= 0.6 is 12.2 Å². The highest BCUT2D eigenvalue weighted by atomic mass is 32.1. The van der Waals surface area contributed by atoms with Gasteiger partial charge < -0.3 is 24.7 Å². The first-order valence-electron chi connectivity index (χ1n) is 6.53. The number of carbonyl (C=O) groups is 1. The average Bonchev–Trinajstić information content (AvgIpc) is 2.51. The highest BCUT2D eigenvalue weighted by Gasteiger charge is 2.01. The van der Waals surface area contributed by atoms with E-state index in [9.17, 15) is 9.90 Å². The number of hydrogen-bond acceptors (Lipinski definition) is 6. The van der Waals surface area contributed by atoms with Gasteiger partial charge in [0.05, 0.1) is 18.3 Å². The molecule has 0 bridgehead atoms. The maximum Gasteiger partial charge on any atom is 0.187 e. The summed E-state index contributed by atoms with van der Waals surface area (Å²) in [5.41, 5.74) is 4.17. The van der Waals surface area contributed by atoms with Crippen molar-refractivity contribution in [1.82, 2.24) is 10.7 Å². The lowest BCUT2D eigenvalue weighted by Crippen LogP contribution is -2.34. The lowest BCUT2D eigenvalue weighted by Gasteiger charge is -2.09. The average molecular weight is 324 g/mol. The van der Waals surface area contributed by atoms with Crippen LogP contribution in [0, 0.1) is 0 Å². The van der Waals surface area contributed by atoms with E-state index in [1.807, 2.05) is 6.07 Å². The Morgan fingerprint density at radius 1 is 1.45 bits per heavy atom. The normalized spacial score (nSPS) is 10.9. The molecule has 0 saturated carbocycles. The molecule has 7 nitrogen and oxygen atoms in total. The molecule has 0 spiro atoms. The van der Waals surface area contributed by atoms with Crippen LogP contribution in [-0.2, 0) is 9.53 Å². The van der Waals surface area contributed by atoms with Crippen molar-refractivity contribution < 1.29 is 19.4 Å². The second kappa shape index (κ2) is 9.69. The Morgan fingerprint density at radius 2 is 2.23 bits per heavy atom. The third kappa shape index (κ3) is 7.00. The number of carboxylic acids is 1. The summed E-state index contributed by atoms with van der Waals surface area (Å²) in [6, 6.07) is 6.91. The highest BCUT2D eigenvalue weighted by Crippen LogP contribution is 2.13. The van der Waals surface area contributed by atoms with Gasteiger partial charge in [-0.1, -0.05) is 12.1 Å². The topological polar surface area (TPSA) is 95.0 Å². The molecule has 120 valence electrons. The predicted octanol–water partition coefficient (Wildman–Crippen LogP) is -0.350. The number of carboxylic acid groups (broad SMARTS) is 1. The fourth-order valence-electron chi connectivity index (χ4n) is 1.46. The maximum atomic E-state index is 10.4. The fourth-order valence-corrected chi connectivity index (χ4v) is 1.61. The summed E-state index contributed by atoms with van der Waals surface area (Å²) in [5.74, 6) is -0.845. The number of thiocarbonyl (C=S) groups is 1. The number of hydrogen-bond donors (Lipinski definition) is 2. The smallest absolute Gasteiger partial charge is 0.187 e. The van der Waals surface area contributed by atoms with Gasteiger partial charge in [0.25, 0.3) is 0 Å². The summed E-state index contributed by atoms with van der Waals surface area (Å²) >= 11 is 5.05. The first-order valence-corrected chi connectivity index (χ1v) is 6.94. The molecule has 0 aromatic heterocycles. The molecule has 22 heavy (non-hydrogen) atoms. The van der Waals surface area contributed by atoms with Crippen LogP contribution in [0.15, 0.2) is 29.4 Å². The summed E-state index contributed by atoms with van der Waals surface area (Å²) in [5, 5.41) is 17.8. The number of carbonyl (C=O) groups excluding carboxylic acids is 1. The Kier molecular flexibility index (Phi) is 7.87. The number of benzene rings is 1. The molecule has 1 aromatic carbocycles. The fraction of sp³-hybridized carbons (Fsp3) is 0.357. The van der Waals surface area contributed by atoms with Crippen molar-refractivity contribution in [2.45, 2.75) is 6.92 Å². The zero-order valence-corrected chi connectivity index (χ0v) is 13.2. The largest absolute Gasteiger partial charge is 0.546 e. The van der Waals surface area contributed by atoms with Crippen LogP contribution < -0.4 is 20.6 Å². The first kappa shape index (κ1) is 17.9. The number of hydrazone groups is 1. The first-order chi connectivity index (χ1) is 10.5. The van der Waals surface area contributed by atoms with E-state index >= 15 is 0 Å². The Morgan fingerprint density at radius 3 is 2.91 bits per heavy atom. The van der Waals surface area contributed by atoms with E-state index in [2.05, 4.69) is 15.8 Å². The van der Waals surface area contributed by atoms with Crippen molar-refractivity contribution in [3.63, 3.8) is 0 Å². The molecule has 0 fully saturated rings. The maximum absolute atomic E-state index is 10.4. The van der Waals surface area contributed by atoms with E-state index < -0.39 is 12.6 Å².